The van der Waals surface area contributed by atoms with E-state index in [2.05, 4.69) is 57.2 Å². The van der Waals surface area contributed by atoms with Crippen molar-refractivity contribution in [2.24, 2.45) is 17.8 Å². The number of halogens is 1. The van der Waals surface area contributed by atoms with Gasteiger partial charge in [-0.25, -0.2) is 4.98 Å². The number of aromatic nitrogens is 1. The van der Waals surface area contributed by atoms with Gasteiger partial charge in [-0.05, 0) is 47.3 Å². The van der Waals surface area contributed by atoms with Crippen molar-refractivity contribution in [3.63, 3.8) is 0 Å². The third kappa shape index (κ3) is 10.1. The van der Waals surface area contributed by atoms with Crippen LogP contribution in [0.4, 0.5) is 0 Å². The van der Waals surface area contributed by atoms with Gasteiger partial charge in [0.15, 0.2) is 0 Å². The van der Waals surface area contributed by atoms with Crippen molar-refractivity contribution >= 4 is 11.6 Å². The highest BCUT2D eigenvalue weighted by molar-refractivity contribution is 6.32. The summed E-state index contributed by atoms with van der Waals surface area (Å²) < 4.78 is 20.0. The first-order chi connectivity index (χ1) is 23.0. The van der Waals surface area contributed by atoms with Crippen LogP contribution in [0.3, 0.4) is 0 Å². The molecule has 47 heavy (non-hydrogen) atoms. The van der Waals surface area contributed by atoms with E-state index in [1.54, 1.807) is 0 Å². The first-order valence-corrected chi connectivity index (χ1v) is 18.1. The predicted octanol–water partition coefficient (Wildman–Crippen LogP) is 12.1. The van der Waals surface area contributed by atoms with E-state index in [1.807, 2.05) is 54.6 Å². The molecule has 5 heteroatoms. The molecule has 0 aliphatic carbocycles. The fourth-order valence-corrected chi connectivity index (χ4v) is 6.97. The summed E-state index contributed by atoms with van der Waals surface area (Å²) >= 11 is 7.02. The Labute approximate surface area is 287 Å². The molecule has 1 fully saturated rings. The fourth-order valence-electron chi connectivity index (χ4n) is 6.70. The van der Waals surface area contributed by atoms with Gasteiger partial charge in [0.05, 0.1) is 23.8 Å². The lowest BCUT2D eigenvalue weighted by Crippen LogP contribution is -2.28. The van der Waals surface area contributed by atoms with E-state index in [-0.39, 0.29) is 12.0 Å². The number of benzene rings is 3. The second-order valence-corrected chi connectivity index (χ2v) is 13.8. The average molecular weight is 654 g/mol. The number of unbranched alkanes of at least 4 members (excludes halogenated alkanes) is 4. The zero-order chi connectivity index (χ0) is 32.8. The van der Waals surface area contributed by atoms with Gasteiger partial charge < -0.3 is 14.2 Å². The van der Waals surface area contributed by atoms with Gasteiger partial charge in [-0.2, -0.15) is 0 Å². The second-order valence-electron chi connectivity index (χ2n) is 13.4. The van der Waals surface area contributed by atoms with Crippen molar-refractivity contribution in [1.29, 1.82) is 0 Å². The Hall–Kier alpha value is -3.34. The number of rotatable bonds is 17. The summed E-state index contributed by atoms with van der Waals surface area (Å²) in [6.07, 6.45) is 11.4. The topological polar surface area (TPSA) is 40.6 Å². The van der Waals surface area contributed by atoms with Gasteiger partial charge in [-0.15, -0.1) is 0 Å². The van der Waals surface area contributed by atoms with E-state index in [0.29, 0.717) is 35.9 Å². The molecule has 0 saturated carbocycles. The third-order valence-corrected chi connectivity index (χ3v) is 9.91. The van der Waals surface area contributed by atoms with Crippen molar-refractivity contribution < 1.29 is 14.2 Å². The largest absolute Gasteiger partial charge is 0.488 e. The third-order valence-electron chi connectivity index (χ3n) is 9.64. The quantitative estimate of drug-likeness (QED) is 0.0839. The van der Waals surface area contributed by atoms with Gasteiger partial charge in [-0.1, -0.05) is 168 Å². The molecule has 1 saturated heterocycles. The number of ether oxygens (including phenoxy) is 3. The monoisotopic (exact) mass is 653 g/mol. The number of hydrogen-bond acceptors (Lipinski definition) is 4. The van der Waals surface area contributed by atoms with Crippen LogP contribution in [0.15, 0.2) is 91.0 Å². The molecular weight excluding hydrogens is 602 g/mol. The molecule has 5 rings (SSSR count). The van der Waals surface area contributed by atoms with Crippen LogP contribution in [0.5, 0.6) is 11.6 Å². The van der Waals surface area contributed by atoms with Gasteiger partial charge in [0.2, 0.25) is 5.88 Å². The highest BCUT2D eigenvalue weighted by atomic mass is 35.5. The minimum absolute atomic E-state index is 0.226. The summed E-state index contributed by atoms with van der Waals surface area (Å²) in [4.78, 5) is 4.89. The van der Waals surface area contributed by atoms with Crippen LogP contribution in [-0.2, 0) is 18.0 Å². The van der Waals surface area contributed by atoms with Crippen LogP contribution in [0.2, 0.25) is 5.15 Å². The maximum Gasteiger partial charge on any atom is 0.224 e. The molecule has 4 atom stereocenters. The molecule has 0 amide bonds. The molecular formula is C42H52ClNO3. The maximum absolute atomic E-state index is 7.02. The number of nitrogens with zero attached hydrogens (tertiary/aromatic N) is 1. The molecule has 1 unspecified atom stereocenters. The van der Waals surface area contributed by atoms with Crippen molar-refractivity contribution in [3.8, 4) is 22.8 Å². The molecule has 0 N–H and O–H groups in total. The van der Waals surface area contributed by atoms with Gasteiger partial charge >= 0.3 is 0 Å². The van der Waals surface area contributed by atoms with Gasteiger partial charge in [0, 0.05) is 0 Å². The van der Waals surface area contributed by atoms with Crippen LogP contribution in [0, 0.1) is 17.8 Å². The zero-order valence-electron chi connectivity index (χ0n) is 28.5. The molecule has 0 bridgehead atoms. The summed E-state index contributed by atoms with van der Waals surface area (Å²) in [6.45, 7) is 8.46. The van der Waals surface area contributed by atoms with Gasteiger partial charge in [-0.3, -0.25) is 0 Å². The standard InChI is InChI=1S/C42H52ClNO3/c1-4-31(2)19-11-6-5-7-12-24-35-27-32(3)39(45-30-35)38-40(46-28-33-20-13-8-14-21-33)37(36-25-17-10-18-26-36)41(43)44-42(38)47-29-34-22-15-9-16-23-34/h8-10,13-18,20-23,25-26,31-32,35,39H,4-7,11-12,19,24,27-30H2,1-3H3/t31?,32-,35-,39-/m1/s1. The number of hydrogen-bond donors (Lipinski definition) is 0. The molecule has 250 valence electrons. The van der Waals surface area contributed by atoms with E-state index in [9.17, 15) is 0 Å². The molecule has 4 nitrogen and oxygen atoms in total. The van der Waals surface area contributed by atoms with E-state index < -0.39 is 0 Å². The second kappa shape index (κ2) is 18.3. The van der Waals surface area contributed by atoms with E-state index in [4.69, 9.17) is 30.8 Å². The Kier molecular flexibility index (Phi) is 13.6. The van der Waals surface area contributed by atoms with Crippen molar-refractivity contribution in [1.82, 2.24) is 4.98 Å². The maximum atomic E-state index is 7.02. The van der Waals surface area contributed by atoms with Crippen LogP contribution < -0.4 is 9.47 Å². The molecule has 3 aromatic carbocycles. The fraction of sp³-hybridized carbons (Fsp3) is 0.452. The Morgan fingerprint density at radius 3 is 2.04 bits per heavy atom. The molecule has 0 spiro atoms. The molecule has 1 aliphatic rings. The van der Waals surface area contributed by atoms with E-state index >= 15 is 0 Å². The van der Waals surface area contributed by atoms with E-state index in [1.165, 1.54) is 51.4 Å². The summed E-state index contributed by atoms with van der Waals surface area (Å²) in [5.41, 5.74) is 4.72. The SMILES string of the molecule is CCC(C)CCCCCCC[C@H]1CO[C@@H](c2c(OCc3ccccc3)nc(Cl)c(-c3ccccc3)c2OCc2ccccc2)[C@H](C)C1. The first kappa shape index (κ1) is 35.0. The molecule has 1 aliphatic heterocycles. The smallest absolute Gasteiger partial charge is 0.224 e. The Morgan fingerprint density at radius 1 is 0.809 bits per heavy atom. The van der Waals surface area contributed by atoms with Gasteiger partial charge in [0.1, 0.15) is 24.1 Å². The summed E-state index contributed by atoms with van der Waals surface area (Å²) in [5.74, 6) is 2.84. The molecule has 2 heterocycles. The van der Waals surface area contributed by atoms with E-state index in [0.717, 1.165) is 46.8 Å². The zero-order valence-corrected chi connectivity index (χ0v) is 29.3. The summed E-state index contributed by atoms with van der Waals surface area (Å²) in [7, 11) is 0. The normalized spacial score (nSPS) is 18.5. The number of pyridine rings is 1. The summed E-state index contributed by atoms with van der Waals surface area (Å²) in [5, 5.41) is 0.358. The lowest BCUT2D eigenvalue weighted by atomic mass is 9.83. The van der Waals surface area contributed by atoms with Gasteiger partial charge in [0.25, 0.3) is 0 Å². The summed E-state index contributed by atoms with van der Waals surface area (Å²) in [6, 6.07) is 30.6. The highest BCUT2D eigenvalue weighted by Gasteiger charge is 2.36. The van der Waals surface area contributed by atoms with Crippen molar-refractivity contribution in [2.45, 2.75) is 97.9 Å². The Bertz CT molecular complexity index is 1480. The van der Waals surface area contributed by atoms with Crippen molar-refractivity contribution in [2.75, 3.05) is 6.61 Å². The van der Waals surface area contributed by atoms with Crippen molar-refractivity contribution in [3.05, 3.63) is 113 Å². The highest BCUT2D eigenvalue weighted by Crippen LogP contribution is 2.50. The average Bonchev–Trinajstić information content (AvgIpc) is 3.10. The van der Waals surface area contributed by atoms with Crippen LogP contribution in [0.1, 0.15) is 101 Å². The Balaban J connectivity index is 1.38. The van der Waals surface area contributed by atoms with Crippen LogP contribution >= 0.6 is 11.6 Å². The first-order valence-electron chi connectivity index (χ1n) is 17.8. The minimum Gasteiger partial charge on any atom is -0.488 e. The van der Waals surface area contributed by atoms with Crippen LogP contribution in [-0.4, -0.2) is 11.6 Å². The molecule has 0 radical (unpaired) electrons. The van der Waals surface area contributed by atoms with Crippen LogP contribution in [0.25, 0.3) is 11.1 Å². The lowest BCUT2D eigenvalue weighted by Gasteiger charge is -2.36. The Morgan fingerprint density at radius 2 is 1.40 bits per heavy atom. The minimum atomic E-state index is -0.226. The predicted molar refractivity (Wildman–Crippen MR) is 194 cm³/mol. The molecule has 4 aromatic rings. The lowest BCUT2D eigenvalue weighted by molar-refractivity contribution is -0.0577. The molecule has 1 aromatic heterocycles.